The first-order chi connectivity index (χ1) is 17.7. The minimum atomic E-state index is 0.594. The number of pyridine rings is 3. The molecule has 0 amide bonds. The van der Waals surface area contributed by atoms with E-state index in [1.54, 1.807) is 12.4 Å². The second kappa shape index (κ2) is 9.54. The average molecular weight is 484 g/mol. The number of nitrogens with zero attached hydrogens (tertiary/aromatic N) is 7. The molecule has 36 heavy (non-hydrogen) atoms. The van der Waals surface area contributed by atoms with Gasteiger partial charge in [0.2, 0.25) is 0 Å². The molecular weight excluding hydrogens is 454 g/mol. The summed E-state index contributed by atoms with van der Waals surface area (Å²) in [6.45, 7) is 3.45. The number of ether oxygens (including phenoxy) is 1. The maximum absolute atomic E-state index is 5.86. The van der Waals surface area contributed by atoms with Gasteiger partial charge in [-0.15, -0.1) is 0 Å². The van der Waals surface area contributed by atoms with Gasteiger partial charge in [0, 0.05) is 37.6 Å². The van der Waals surface area contributed by atoms with Crippen LogP contribution in [0.3, 0.4) is 0 Å². The Morgan fingerprint density at radius 2 is 1.89 bits per heavy atom. The minimum Gasteiger partial charge on any atom is -0.491 e. The Kier molecular flexibility index (Phi) is 5.94. The normalized spacial score (nSPS) is 14.2. The van der Waals surface area contributed by atoms with Crippen LogP contribution in [-0.4, -0.2) is 80.4 Å². The summed E-state index contributed by atoms with van der Waals surface area (Å²) in [5, 5.41) is 7.65. The molecule has 2 N–H and O–H groups in total. The Morgan fingerprint density at radius 3 is 2.75 bits per heavy atom. The van der Waals surface area contributed by atoms with Gasteiger partial charge in [-0.2, -0.15) is 5.10 Å². The molecule has 1 aliphatic rings. The van der Waals surface area contributed by atoms with Crippen molar-refractivity contribution in [2.24, 2.45) is 0 Å². The zero-order chi connectivity index (χ0) is 24.5. The molecule has 184 valence electrons. The maximum Gasteiger partial charge on any atom is 0.161 e. The highest BCUT2D eigenvalue weighted by Crippen LogP contribution is 2.31. The van der Waals surface area contributed by atoms with E-state index in [9.17, 15) is 0 Å². The van der Waals surface area contributed by atoms with Crippen LogP contribution in [0, 0.1) is 0 Å². The molecule has 6 heterocycles. The van der Waals surface area contributed by atoms with Crippen LogP contribution in [0.5, 0.6) is 5.75 Å². The second-order valence-electron chi connectivity index (χ2n) is 9.39. The highest BCUT2D eigenvalue weighted by molar-refractivity contribution is 5.93. The van der Waals surface area contributed by atoms with Gasteiger partial charge in [0.15, 0.2) is 17.3 Å². The summed E-state index contributed by atoms with van der Waals surface area (Å²) in [5.41, 5.74) is 5.76. The van der Waals surface area contributed by atoms with E-state index in [1.807, 2.05) is 44.6 Å². The van der Waals surface area contributed by atoms with Gasteiger partial charge >= 0.3 is 0 Å². The molecule has 1 fully saturated rings. The van der Waals surface area contributed by atoms with Crippen LogP contribution in [0.2, 0.25) is 0 Å². The first-order valence-corrected chi connectivity index (χ1v) is 12.3. The standard InChI is InChI=1S/C26H29N9O/c1-34(2)12-13-36-18-14-17(15-27-16-18)19-6-7-21-22(29-19)24(33-32-21)25-30-20-8-9-28-26(23(20)31-25)35-10-4-3-5-11-35/h6-9,14-16H,3-5,10-13H2,1-2H3,(H,30,31)(H,32,33). The van der Waals surface area contributed by atoms with Crippen molar-refractivity contribution in [1.29, 1.82) is 0 Å². The molecule has 5 aromatic heterocycles. The topological polar surface area (TPSA) is 112 Å². The number of piperidine rings is 1. The summed E-state index contributed by atoms with van der Waals surface area (Å²) < 4.78 is 5.86. The van der Waals surface area contributed by atoms with Crippen molar-refractivity contribution in [2.45, 2.75) is 19.3 Å². The fourth-order valence-electron chi connectivity index (χ4n) is 4.58. The number of aromatic amines is 2. The number of nitrogens with one attached hydrogen (secondary N) is 2. The van der Waals surface area contributed by atoms with Crippen molar-refractivity contribution in [3.8, 4) is 28.5 Å². The van der Waals surface area contributed by atoms with E-state index in [2.05, 4.69) is 34.9 Å². The highest BCUT2D eigenvalue weighted by atomic mass is 16.5. The summed E-state index contributed by atoms with van der Waals surface area (Å²) in [7, 11) is 4.04. The molecule has 10 heteroatoms. The Bertz CT molecular complexity index is 1500. The Hall–Kier alpha value is -4.05. The maximum atomic E-state index is 5.86. The third-order valence-corrected chi connectivity index (χ3v) is 6.49. The lowest BCUT2D eigenvalue weighted by Crippen LogP contribution is -2.30. The SMILES string of the molecule is CN(C)CCOc1cncc(-c2ccc3[nH]nc(-c4nc5c(N6CCCCC6)nccc5[nH]4)c3n2)c1. The third kappa shape index (κ3) is 4.35. The van der Waals surface area contributed by atoms with Crippen LogP contribution in [0.4, 0.5) is 5.82 Å². The van der Waals surface area contributed by atoms with Gasteiger partial charge in [-0.25, -0.2) is 15.0 Å². The minimum absolute atomic E-state index is 0.594. The third-order valence-electron chi connectivity index (χ3n) is 6.49. The molecule has 5 aromatic rings. The van der Waals surface area contributed by atoms with Crippen LogP contribution < -0.4 is 9.64 Å². The smallest absolute Gasteiger partial charge is 0.161 e. The molecule has 0 spiro atoms. The van der Waals surface area contributed by atoms with Gasteiger partial charge in [-0.3, -0.25) is 10.1 Å². The van der Waals surface area contributed by atoms with Crippen molar-refractivity contribution in [3.05, 3.63) is 42.9 Å². The molecule has 10 nitrogen and oxygen atoms in total. The fourth-order valence-corrected chi connectivity index (χ4v) is 4.58. The molecule has 0 atom stereocenters. The predicted octanol–water partition coefficient (Wildman–Crippen LogP) is 3.89. The van der Waals surface area contributed by atoms with Gasteiger partial charge in [0.1, 0.15) is 23.4 Å². The van der Waals surface area contributed by atoms with E-state index in [0.29, 0.717) is 18.1 Å². The van der Waals surface area contributed by atoms with Crippen molar-refractivity contribution >= 4 is 27.9 Å². The number of anilines is 1. The summed E-state index contributed by atoms with van der Waals surface area (Å²) in [4.78, 5) is 26.7. The first-order valence-electron chi connectivity index (χ1n) is 12.3. The van der Waals surface area contributed by atoms with Gasteiger partial charge in [-0.05, 0) is 57.6 Å². The van der Waals surface area contributed by atoms with Crippen molar-refractivity contribution in [3.63, 3.8) is 0 Å². The number of hydrogen-bond donors (Lipinski definition) is 2. The molecule has 6 rings (SSSR count). The molecule has 0 radical (unpaired) electrons. The first kappa shape index (κ1) is 22.4. The van der Waals surface area contributed by atoms with Crippen molar-refractivity contribution in [1.82, 2.24) is 40.0 Å². The van der Waals surface area contributed by atoms with Gasteiger partial charge in [0.05, 0.1) is 22.9 Å². The Morgan fingerprint density at radius 1 is 1.00 bits per heavy atom. The van der Waals surface area contributed by atoms with E-state index < -0.39 is 0 Å². The molecule has 1 aliphatic heterocycles. The van der Waals surface area contributed by atoms with E-state index in [1.165, 1.54) is 19.3 Å². The van der Waals surface area contributed by atoms with Crippen molar-refractivity contribution < 1.29 is 4.74 Å². The van der Waals surface area contributed by atoms with Crippen LogP contribution in [0.1, 0.15) is 19.3 Å². The van der Waals surface area contributed by atoms with Gasteiger partial charge in [-0.1, -0.05) is 0 Å². The van der Waals surface area contributed by atoms with E-state index >= 15 is 0 Å². The second-order valence-corrected chi connectivity index (χ2v) is 9.39. The molecule has 1 saturated heterocycles. The summed E-state index contributed by atoms with van der Waals surface area (Å²) in [5.74, 6) is 2.32. The highest BCUT2D eigenvalue weighted by Gasteiger charge is 2.20. The lowest BCUT2D eigenvalue weighted by molar-refractivity contribution is 0.261. The summed E-state index contributed by atoms with van der Waals surface area (Å²) in [6, 6.07) is 7.87. The number of fused-ring (bicyclic) bond motifs is 2. The van der Waals surface area contributed by atoms with E-state index in [0.717, 1.165) is 64.5 Å². The number of hydrogen-bond acceptors (Lipinski definition) is 8. The number of H-pyrrole nitrogens is 2. The van der Waals surface area contributed by atoms with Gasteiger partial charge < -0.3 is 19.5 Å². The Labute approximate surface area is 208 Å². The zero-order valence-electron chi connectivity index (χ0n) is 20.5. The summed E-state index contributed by atoms with van der Waals surface area (Å²) in [6.07, 6.45) is 9.00. The number of likely N-dealkylation sites (N-methyl/N-ethyl adjacent to an activating group) is 1. The van der Waals surface area contributed by atoms with Crippen LogP contribution in [-0.2, 0) is 0 Å². The number of aromatic nitrogens is 7. The fraction of sp³-hybridized carbons (Fsp3) is 0.346. The lowest BCUT2D eigenvalue weighted by Gasteiger charge is -2.27. The zero-order valence-corrected chi connectivity index (χ0v) is 20.5. The molecule has 0 aromatic carbocycles. The number of imidazole rings is 1. The lowest BCUT2D eigenvalue weighted by atomic mass is 10.1. The predicted molar refractivity (Wildman–Crippen MR) is 140 cm³/mol. The molecule has 0 aliphatic carbocycles. The Balaban J connectivity index is 1.34. The monoisotopic (exact) mass is 483 g/mol. The van der Waals surface area contributed by atoms with E-state index in [4.69, 9.17) is 14.7 Å². The van der Waals surface area contributed by atoms with Crippen molar-refractivity contribution in [2.75, 3.05) is 45.2 Å². The molecule has 0 bridgehead atoms. The van der Waals surface area contributed by atoms with Crippen LogP contribution in [0.15, 0.2) is 42.9 Å². The van der Waals surface area contributed by atoms with Crippen LogP contribution >= 0.6 is 0 Å². The summed E-state index contributed by atoms with van der Waals surface area (Å²) >= 11 is 0. The average Bonchev–Trinajstić information content (AvgIpc) is 3.53. The largest absolute Gasteiger partial charge is 0.491 e. The number of rotatable bonds is 7. The molecule has 0 unspecified atom stereocenters. The van der Waals surface area contributed by atoms with Gasteiger partial charge in [0.25, 0.3) is 0 Å². The quantitative estimate of drug-likeness (QED) is 0.359. The molecular formula is C26H29N9O. The molecule has 0 saturated carbocycles. The van der Waals surface area contributed by atoms with E-state index in [-0.39, 0.29) is 0 Å². The van der Waals surface area contributed by atoms with Crippen LogP contribution in [0.25, 0.3) is 44.8 Å².